The number of hydrogen-bond acceptors (Lipinski definition) is 2. The van der Waals surface area contributed by atoms with Gasteiger partial charge in [0.1, 0.15) is 13.7 Å². The molecular weight excluding hydrogens is 355 g/mol. The number of pyridine rings is 1. The summed E-state index contributed by atoms with van der Waals surface area (Å²) in [5.74, 6) is 0. The Hall–Kier alpha value is -1.63. The maximum absolute atomic E-state index is 11.5. The molecule has 0 aliphatic carbocycles. The third-order valence-electron chi connectivity index (χ3n) is 2.44. The molecule has 1 N–H and O–H groups in total. The summed E-state index contributed by atoms with van der Waals surface area (Å²) in [7, 11) is 1.94. The van der Waals surface area contributed by atoms with E-state index in [1.165, 1.54) is 0 Å². The van der Waals surface area contributed by atoms with Gasteiger partial charge < -0.3 is 28.7 Å². The zero-order valence-electron chi connectivity index (χ0n) is 10.5. The summed E-state index contributed by atoms with van der Waals surface area (Å²) >= 11 is 0. The molecule has 0 aliphatic rings. The van der Waals surface area contributed by atoms with E-state index in [9.17, 15) is 4.79 Å². The van der Waals surface area contributed by atoms with Crippen molar-refractivity contribution in [1.29, 1.82) is 0 Å². The third kappa shape index (κ3) is 5.25. The van der Waals surface area contributed by atoms with Gasteiger partial charge in [-0.05, 0) is 12.1 Å². The van der Waals surface area contributed by atoms with E-state index in [1.807, 2.05) is 66.5 Å². The van der Waals surface area contributed by atoms with Gasteiger partial charge in [-0.1, -0.05) is 18.2 Å². The predicted octanol–water partition coefficient (Wildman–Crippen LogP) is -0.736. The van der Waals surface area contributed by atoms with Crippen molar-refractivity contribution in [1.82, 2.24) is 0 Å². The molecule has 1 amide bonds. The minimum atomic E-state index is -0.450. The zero-order chi connectivity index (χ0) is 12.8. The molecule has 0 bridgehead atoms. The highest BCUT2D eigenvalue weighted by Crippen LogP contribution is 2.06. The molecule has 1 aromatic carbocycles. The van der Waals surface area contributed by atoms with Crippen molar-refractivity contribution >= 4 is 11.8 Å². The molecule has 0 unspecified atom stereocenters. The van der Waals surface area contributed by atoms with Crippen molar-refractivity contribution in [3.05, 3.63) is 60.4 Å². The van der Waals surface area contributed by atoms with Crippen LogP contribution in [0.4, 0.5) is 10.5 Å². The number of para-hydroxylation sites is 1. The number of anilines is 1. The van der Waals surface area contributed by atoms with Crippen molar-refractivity contribution in [2.45, 2.75) is 6.61 Å². The zero-order valence-corrected chi connectivity index (χ0v) is 12.7. The second kappa shape index (κ2) is 7.73. The summed E-state index contributed by atoms with van der Waals surface area (Å²) < 4.78 is 7.04. The van der Waals surface area contributed by atoms with Gasteiger partial charge in [-0.15, -0.1) is 0 Å². The third-order valence-corrected chi connectivity index (χ3v) is 2.44. The Morgan fingerprint density at radius 3 is 2.42 bits per heavy atom. The van der Waals surface area contributed by atoms with Crippen molar-refractivity contribution in [3.63, 3.8) is 0 Å². The van der Waals surface area contributed by atoms with E-state index in [0.29, 0.717) is 0 Å². The summed E-state index contributed by atoms with van der Waals surface area (Å²) in [6.45, 7) is 0.263. The highest BCUT2D eigenvalue weighted by molar-refractivity contribution is 5.84. The maximum Gasteiger partial charge on any atom is 0.411 e. The van der Waals surface area contributed by atoms with E-state index >= 15 is 0 Å². The van der Waals surface area contributed by atoms with Gasteiger partial charge in [-0.2, -0.15) is 0 Å². The topological polar surface area (TPSA) is 42.2 Å². The van der Waals surface area contributed by atoms with Crippen LogP contribution in [0.3, 0.4) is 0 Å². The van der Waals surface area contributed by atoms with Crippen LogP contribution in [0.15, 0.2) is 54.9 Å². The second-order valence-corrected chi connectivity index (χ2v) is 3.94. The van der Waals surface area contributed by atoms with Crippen LogP contribution in [-0.4, -0.2) is 6.09 Å². The largest absolute Gasteiger partial charge is 1.00 e. The quantitative estimate of drug-likeness (QED) is 0.572. The van der Waals surface area contributed by atoms with Gasteiger partial charge in [-0.3, -0.25) is 5.32 Å². The van der Waals surface area contributed by atoms with Crippen LogP contribution in [0.5, 0.6) is 0 Å². The Kier molecular flexibility index (Phi) is 6.27. The number of carbonyl (C=O) groups excluding carboxylic acids is 1. The Balaban J connectivity index is 0.00000180. The van der Waals surface area contributed by atoms with Gasteiger partial charge in [0.2, 0.25) is 0 Å². The monoisotopic (exact) mass is 370 g/mol. The SMILES string of the molecule is C[n+]1ccc(COC(=O)Nc2ccccc2)cc1.[I-]. The Labute approximate surface area is 129 Å². The fraction of sp³-hybridized carbons (Fsp3) is 0.143. The number of nitrogens with one attached hydrogen (secondary N) is 1. The Morgan fingerprint density at radius 2 is 1.79 bits per heavy atom. The molecule has 0 saturated carbocycles. The molecule has 100 valence electrons. The van der Waals surface area contributed by atoms with Gasteiger partial charge >= 0.3 is 6.09 Å². The van der Waals surface area contributed by atoms with E-state index in [0.717, 1.165) is 11.3 Å². The van der Waals surface area contributed by atoms with E-state index < -0.39 is 6.09 Å². The fourth-order valence-electron chi connectivity index (χ4n) is 1.45. The number of carbonyl (C=O) groups is 1. The number of ether oxygens (including phenoxy) is 1. The van der Waals surface area contributed by atoms with Gasteiger partial charge in [0.05, 0.1) is 0 Å². The first kappa shape index (κ1) is 15.4. The van der Waals surface area contributed by atoms with E-state index in [4.69, 9.17) is 4.74 Å². The van der Waals surface area contributed by atoms with E-state index in [1.54, 1.807) is 0 Å². The summed E-state index contributed by atoms with van der Waals surface area (Å²) in [6.07, 6.45) is 3.37. The second-order valence-electron chi connectivity index (χ2n) is 3.94. The van der Waals surface area contributed by atoms with Crippen molar-refractivity contribution in [2.75, 3.05) is 5.32 Å². The predicted molar refractivity (Wildman–Crippen MR) is 67.9 cm³/mol. The number of benzene rings is 1. The van der Waals surface area contributed by atoms with Crippen molar-refractivity contribution < 1.29 is 38.1 Å². The molecule has 0 saturated heterocycles. The molecule has 19 heavy (non-hydrogen) atoms. The number of amides is 1. The Bertz CT molecular complexity index is 515. The molecule has 2 rings (SSSR count). The van der Waals surface area contributed by atoms with Crippen molar-refractivity contribution in [2.24, 2.45) is 7.05 Å². The van der Waals surface area contributed by atoms with E-state index in [2.05, 4.69) is 5.32 Å². The lowest BCUT2D eigenvalue weighted by Gasteiger charge is -2.06. The van der Waals surface area contributed by atoms with Crippen LogP contribution in [0, 0.1) is 0 Å². The number of aryl methyl sites for hydroxylation is 1. The normalized spacial score (nSPS) is 9.32. The first-order valence-corrected chi connectivity index (χ1v) is 5.67. The average molecular weight is 370 g/mol. The van der Waals surface area contributed by atoms with Crippen LogP contribution in [0.2, 0.25) is 0 Å². The van der Waals surface area contributed by atoms with Crippen LogP contribution < -0.4 is 33.9 Å². The molecule has 0 aliphatic heterocycles. The van der Waals surface area contributed by atoms with Crippen LogP contribution in [-0.2, 0) is 18.4 Å². The highest BCUT2D eigenvalue weighted by atomic mass is 127. The molecule has 0 radical (unpaired) electrons. The number of hydrogen-bond donors (Lipinski definition) is 1. The standard InChI is InChI=1S/C14H14N2O2.HI/c1-16-9-7-12(8-10-16)11-18-14(17)15-13-5-3-2-4-6-13;/h2-10H,11H2,1H3;1H. The van der Waals surface area contributed by atoms with Crippen molar-refractivity contribution in [3.8, 4) is 0 Å². The molecule has 5 heteroatoms. The van der Waals surface area contributed by atoms with E-state index in [-0.39, 0.29) is 30.6 Å². The van der Waals surface area contributed by atoms with Crippen LogP contribution in [0.25, 0.3) is 0 Å². The molecule has 1 aromatic heterocycles. The molecular formula is C14H15IN2O2. The van der Waals surface area contributed by atoms with Crippen LogP contribution >= 0.6 is 0 Å². The summed E-state index contributed by atoms with van der Waals surface area (Å²) in [6, 6.07) is 13.0. The number of nitrogens with zero attached hydrogens (tertiary/aromatic N) is 1. The number of aromatic nitrogens is 1. The average Bonchev–Trinajstić information content (AvgIpc) is 2.39. The van der Waals surface area contributed by atoms with Gasteiger partial charge in [0, 0.05) is 23.4 Å². The Morgan fingerprint density at radius 1 is 1.16 bits per heavy atom. The molecule has 4 nitrogen and oxygen atoms in total. The molecule has 0 atom stereocenters. The minimum Gasteiger partial charge on any atom is -1.00 e. The molecule has 2 aromatic rings. The molecule has 0 spiro atoms. The number of halogens is 1. The summed E-state index contributed by atoms with van der Waals surface area (Å²) in [5.41, 5.74) is 1.68. The smallest absolute Gasteiger partial charge is 0.411 e. The van der Waals surface area contributed by atoms with Gasteiger partial charge in [-0.25, -0.2) is 9.36 Å². The fourth-order valence-corrected chi connectivity index (χ4v) is 1.45. The molecule has 1 heterocycles. The number of rotatable bonds is 3. The lowest BCUT2D eigenvalue weighted by atomic mass is 10.3. The summed E-state index contributed by atoms with van der Waals surface area (Å²) in [4.78, 5) is 11.5. The highest BCUT2D eigenvalue weighted by Gasteiger charge is 2.03. The van der Waals surface area contributed by atoms with Gasteiger partial charge in [0.15, 0.2) is 12.4 Å². The first-order chi connectivity index (χ1) is 8.74. The lowest BCUT2D eigenvalue weighted by Crippen LogP contribution is -3.00. The summed E-state index contributed by atoms with van der Waals surface area (Å²) in [5, 5.41) is 2.66. The minimum absolute atomic E-state index is 0. The lowest BCUT2D eigenvalue weighted by molar-refractivity contribution is -0.671. The maximum atomic E-state index is 11.5. The molecule has 0 fully saturated rings. The van der Waals surface area contributed by atoms with Crippen LogP contribution in [0.1, 0.15) is 5.56 Å². The van der Waals surface area contributed by atoms with Gasteiger partial charge in [0.25, 0.3) is 0 Å². The first-order valence-electron chi connectivity index (χ1n) is 5.67.